The lowest BCUT2D eigenvalue weighted by atomic mass is 10.2. The molecule has 0 unspecified atom stereocenters. The third-order valence-corrected chi connectivity index (χ3v) is 1.93. The van der Waals surface area contributed by atoms with Crippen LogP contribution in [0.25, 0.3) is 0 Å². The van der Waals surface area contributed by atoms with E-state index < -0.39 is 5.75 Å². The molecule has 1 aromatic rings. The van der Waals surface area contributed by atoms with Gasteiger partial charge in [0.15, 0.2) is 17.2 Å². The fourth-order valence-electron chi connectivity index (χ4n) is 0.738. The lowest BCUT2D eigenvalue weighted by molar-refractivity contribution is 0.367. The molecule has 0 saturated carbocycles. The number of benzene rings is 1. The van der Waals surface area contributed by atoms with Gasteiger partial charge in [-0.3, -0.25) is 0 Å². The molecule has 0 heterocycles. The number of aromatic hydroxyl groups is 3. The number of phenols is 3. The quantitative estimate of drug-likeness (QED) is 0.497. The summed E-state index contributed by atoms with van der Waals surface area (Å²) in [6.07, 6.45) is 0. The summed E-state index contributed by atoms with van der Waals surface area (Å²) in [6.45, 7) is 0. The fourth-order valence-corrected chi connectivity index (χ4v) is 1.06. The van der Waals surface area contributed by atoms with E-state index in [1.54, 1.807) is 0 Å². The van der Waals surface area contributed by atoms with Crippen LogP contribution in [-0.2, 0) is 5.33 Å². The summed E-state index contributed by atoms with van der Waals surface area (Å²) < 4.78 is 0. The van der Waals surface area contributed by atoms with E-state index in [-0.39, 0.29) is 11.5 Å². The molecular formula is C7H7BrO3. The van der Waals surface area contributed by atoms with Gasteiger partial charge in [0.2, 0.25) is 0 Å². The normalized spacial score (nSPS) is 9.91. The number of alkyl halides is 1. The number of halogens is 1. The van der Waals surface area contributed by atoms with E-state index in [0.29, 0.717) is 10.9 Å². The minimum absolute atomic E-state index is 0.306. The van der Waals surface area contributed by atoms with Gasteiger partial charge >= 0.3 is 0 Å². The molecule has 3 nitrogen and oxygen atoms in total. The van der Waals surface area contributed by atoms with Crippen molar-refractivity contribution in [2.75, 3.05) is 0 Å². The summed E-state index contributed by atoms with van der Waals surface area (Å²) in [5.74, 6) is -1.09. The van der Waals surface area contributed by atoms with E-state index in [0.717, 1.165) is 0 Å². The molecule has 0 aromatic heterocycles. The Labute approximate surface area is 72.0 Å². The standard InChI is InChI=1S/C7H7BrO3/c8-3-4-1-5(9)7(11)6(10)2-4/h1-2,9-11H,3H2. The third kappa shape index (κ3) is 1.57. The molecular weight excluding hydrogens is 212 g/mol. The zero-order valence-electron chi connectivity index (χ0n) is 5.58. The highest BCUT2D eigenvalue weighted by Crippen LogP contribution is 2.35. The molecule has 1 aromatic carbocycles. The van der Waals surface area contributed by atoms with E-state index in [2.05, 4.69) is 15.9 Å². The van der Waals surface area contributed by atoms with Gasteiger partial charge < -0.3 is 15.3 Å². The zero-order chi connectivity index (χ0) is 8.43. The van der Waals surface area contributed by atoms with Gasteiger partial charge in [0.1, 0.15) is 0 Å². The first kappa shape index (κ1) is 8.20. The molecule has 0 spiro atoms. The van der Waals surface area contributed by atoms with Gasteiger partial charge in [-0.25, -0.2) is 0 Å². The fraction of sp³-hybridized carbons (Fsp3) is 0.143. The van der Waals surface area contributed by atoms with E-state index in [1.807, 2.05) is 0 Å². The molecule has 60 valence electrons. The Kier molecular flexibility index (Phi) is 2.24. The Morgan fingerprint density at radius 3 is 1.91 bits per heavy atom. The largest absolute Gasteiger partial charge is 0.504 e. The highest BCUT2D eigenvalue weighted by molar-refractivity contribution is 9.08. The molecule has 0 aliphatic carbocycles. The second-order valence-electron chi connectivity index (χ2n) is 2.12. The van der Waals surface area contributed by atoms with E-state index in [1.165, 1.54) is 12.1 Å². The maximum absolute atomic E-state index is 8.98. The van der Waals surface area contributed by atoms with Crippen molar-refractivity contribution >= 4 is 15.9 Å². The molecule has 11 heavy (non-hydrogen) atoms. The summed E-state index contributed by atoms with van der Waals surface area (Å²) in [6, 6.07) is 2.76. The number of phenolic OH excluding ortho intramolecular Hbond substituents is 3. The second-order valence-corrected chi connectivity index (χ2v) is 2.68. The highest BCUT2D eigenvalue weighted by atomic mass is 79.9. The summed E-state index contributed by atoms with van der Waals surface area (Å²) >= 11 is 3.15. The lowest BCUT2D eigenvalue weighted by Crippen LogP contribution is -1.78. The molecule has 0 aliphatic rings. The van der Waals surface area contributed by atoms with Crippen LogP contribution in [-0.4, -0.2) is 15.3 Å². The Morgan fingerprint density at radius 1 is 1.09 bits per heavy atom. The molecule has 4 heteroatoms. The van der Waals surface area contributed by atoms with Crippen LogP contribution in [0.15, 0.2) is 12.1 Å². The van der Waals surface area contributed by atoms with Gasteiger partial charge in [0.25, 0.3) is 0 Å². The van der Waals surface area contributed by atoms with Crippen LogP contribution in [0, 0.1) is 0 Å². The molecule has 0 saturated heterocycles. The van der Waals surface area contributed by atoms with Gasteiger partial charge in [-0.2, -0.15) is 0 Å². The van der Waals surface area contributed by atoms with E-state index in [9.17, 15) is 0 Å². The van der Waals surface area contributed by atoms with Crippen molar-refractivity contribution in [2.45, 2.75) is 5.33 Å². The van der Waals surface area contributed by atoms with Crippen molar-refractivity contribution in [3.63, 3.8) is 0 Å². The van der Waals surface area contributed by atoms with Crippen molar-refractivity contribution in [1.29, 1.82) is 0 Å². The maximum atomic E-state index is 8.98. The number of hydrogen-bond acceptors (Lipinski definition) is 3. The first-order valence-corrected chi connectivity index (χ1v) is 4.07. The van der Waals surface area contributed by atoms with Crippen molar-refractivity contribution in [1.82, 2.24) is 0 Å². The van der Waals surface area contributed by atoms with E-state index >= 15 is 0 Å². The predicted octanol–water partition coefficient (Wildman–Crippen LogP) is 1.70. The predicted molar refractivity (Wildman–Crippen MR) is 44.1 cm³/mol. The SMILES string of the molecule is Oc1cc(CBr)cc(O)c1O. The summed E-state index contributed by atoms with van der Waals surface area (Å²) in [7, 11) is 0. The van der Waals surface area contributed by atoms with Crippen molar-refractivity contribution in [3.05, 3.63) is 17.7 Å². The summed E-state index contributed by atoms with van der Waals surface area (Å²) in [5, 5.41) is 27.4. The monoisotopic (exact) mass is 218 g/mol. The zero-order valence-corrected chi connectivity index (χ0v) is 7.17. The summed E-state index contributed by atoms with van der Waals surface area (Å²) in [5.41, 5.74) is 0.706. The molecule has 0 amide bonds. The molecule has 3 N–H and O–H groups in total. The van der Waals surface area contributed by atoms with Gasteiger partial charge in [-0.05, 0) is 17.7 Å². The van der Waals surface area contributed by atoms with Crippen molar-refractivity contribution in [2.24, 2.45) is 0 Å². The van der Waals surface area contributed by atoms with Crippen LogP contribution in [0.5, 0.6) is 17.2 Å². The number of rotatable bonds is 1. The highest BCUT2D eigenvalue weighted by Gasteiger charge is 2.06. The minimum atomic E-state index is -0.477. The van der Waals surface area contributed by atoms with E-state index in [4.69, 9.17) is 15.3 Å². The average Bonchev–Trinajstić information content (AvgIpc) is 1.99. The van der Waals surface area contributed by atoms with Crippen LogP contribution >= 0.6 is 15.9 Å². The van der Waals surface area contributed by atoms with Crippen LogP contribution in [0.3, 0.4) is 0 Å². The lowest BCUT2D eigenvalue weighted by Gasteiger charge is -2.02. The maximum Gasteiger partial charge on any atom is 0.200 e. The Balaban J connectivity index is 3.21. The van der Waals surface area contributed by atoms with Crippen LogP contribution in [0.1, 0.15) is 5.56 Å². The Morgan fingerprint density at radius 2 is 1.55 bits per heavy atom. The topological polar surface area (TPSA) is 60.7 Å². The molecule has 0 radical (unpaired) electrons. The molecule has 0 aliphatic heterocycles. The third-order valence-electron chi connectivity index (χ3n) is 1.28. The smallest absolute Gasteiger partial charge is 0.200 e. The summed E-state index contributed by atoms with van der Waals surface area (Å²) in [4.78, 5) is 0. The molecule has 0 bridgehead atoms. The van der Waals surface area contributed by atoms with Gasteiger partial charge in [-0.15, -0.1) is 0 Å². The van der Waals surface area contributed by atoms with Crippen LogP contribution in [0.2, 0.25) is 0 Å². The van der Waals surface area contributed by atoms with Gasteiger partial charge in [0.05, 0.1) is 0 Å². The Bertz CT molecular complexity index is 249. The number of hydrogen-bond donors (Lipinski definition) is 3. The minimum Gasteiger partial charge on any atom is -0.504 e. The first-order valence-electron chi connectivity index (χ1n) is 2.95. The molecule has 0 fully saturated rings. The first-order chi connectivity index (χ1) is 5.15. The Hall–Kier alpha value is -0.900. The van der Waals surface area contributed by atoms with Crippen molar-refractivity contribution in [3.8, 4) is 17.2 Å². The van der Waals surface area contributed by atoms with Crippen molar-refractivity contribution < 1.29 is 15.3 Å². The van der Waals surface area contributed by atoms with Crippen LogP contribution < -0.4 is 0 Å². The van der Waals surface area contributed by atoms with Gasteiger partial charge in [-0.1, -0.05) is 15.9 Å². The average molecular weight is 219 g/mol. The molecule has 0 atom stereocenters. The van der Waals surface area contributed by atoms with Crippen LogP contribution in [0.4, 0.5) is 0 Å². The molecule has 1 rings (SSSR count). The second kappa shape index (κ2) is 3.00. The van der Waals surface area contributed by atoms with Gasteiger partial charge in [0, 0.05) is 5.33 Å².